The van der Waals surface area contributed by atoms with Gasteiger partial charge < -0.3 is 19.1 Å². The Bertz CT molecular complexity index is 1120. The first kappa shape index (κ1) is 17.5. The van der Waals surface area contributed by atoms with E-state index in [9.17, 15) is 4.79 Å². The van der Waals surface area contributed by atoms with Crippen LogP contribution < -0.4 is 5.32 Å². The van der Waals surface area contributed by atoms with Crippen molar-refractivity contribution < 1.29 is 13.6 Å². The number of nitrogens with zero attached hydrogens (tertiary/aromatic N) is 3. The number of carbonyl (C=O) groups excluding carboxylic acids is 1. The number of carbonyl (C=O) groups is 1. The maximum atomic E-state index is 12.8. The molecule has 0 bridgehead atoms. The van der Waals surface area contributed by atoms with E-state index in [1.54, 1.807) is 18.6 Å². The monoisotopic (exact) mass is 388 g/mol. The number of amides is 2. The van der Waals surface area contributed by atoms with Crippen molar-refractivity contribution in [1.82, 2.24) is 15.1 Å². The predicted octanol–water partition coefficient (Wildman–Crippen LogP) is 4.89. The largest absolute Gasteiger partial charge is 0.472 e. The number of nitrogens with one attached hydrogen (secondary N) is 1. The first-order valence-corrected chi connectivity index (χ1v) is 9.67. The summed E-state index contributed by atoms with van der Waals surface area (Å²) < 4.78 is 10.9. The molecule has 0 radical (unpaired) electrons. The van der Waals surface area contributed by atoms with Gasteiger partial charge in [-0.25, -0.2) is 4.79 Å². The summed E-state index contributed by atoms with van der Waals surface area (Å²) in [6, 6.07) is 15.7. The lowest BCUT2D eigenvalue weighted by Gasteiger charge is -2.30. The molecule has 7 nitrogen and oxygen atoms in total. The fourth-order valence-corrected chi connectivity index (χ4v) is 3.76. The van der Waals surface area contributed by atoms with Crippen molar-refractivity contribution >= 4 is 22.5 Å². The fourth-order valence-electron chi connectivity index (χ4n) is 3.76. The second kappa shape index (κ2) is 7.43. The Morgan fingerprint density at radius 2 is 1.86 bits per heavy atom. The number of rotatable bonds is 3. The molecule has 2 amide bonds. The number of furan rings is 1. The third kappa shape index (κ3) is 3.47. The highest BCUT2D eigenvalue weighted by atomic mass is 16.4. The van der Waals surface area contributed by atoms with Gasteiger partial charge in [0, 0.05) is 24.4 Å². The van der Waals surface area contributed by atoms with Crippen LogP contribution in [-0.4, -0.2) is 34.2 Å². The molecule has 146 valence electrons. The van der Waals surface area contributed by atoms with Crippen LogP contribution in [0.3, 0.4) is 0 Å². The van der Waals surface area contributed by atoms with E-state index in [0.717, 1.165) is 34.9 Å². The molecule has 1 fully saturated rings. The third-order valence-corrected chi connectivity index (χ3v) is 5.37. The van der Waals surface area contributed by atoms with Crippen LogP contribution in [0.5, 0.6) is 0 Å². The summed E-state index contributed by atoms with van der Waals surface area (Å²) in [6.45, 7) is 1.29. The van der Waals surface area contributed by atoms with Crippen LogP contribution in [-0.2, 0) is 0 Å². The number of fused-ring (bicyclic) bond motifs is 1. The van der Waals surface area contributed by atoms with Crippen LogP contribution in [0.15, 0.2) is 69.9 Å². The smallest absolute Gasteiger partial charge is 0.321 e. The van der Waals surface area contributed by atoms with Gasteiger partial charge in [0.2, 0.25) is 5.89 Å². The zero-order chi connectivity index (χ0) is 19.6. The van der Waals surface area contributed by atoms with Gasteiger partial charge in [-0.15, -0.1) is 10.2 Å². The summed E-state index contributed by atoms with van der Waals surface area (Å²) in [4.78, 5) is 14.6. The van der Waals surface area contributed by atoms with Crippen LogP contribution in [0.25, 0.3) is 22.2 Å². The zero-order valence-corrected chi connectivity index (χ0v) is 15.7. The Labute approximate surface area is 167 Å². The second-order valence-corrected chi connectivity index (χ2v) is 7.18. The van der Waals surface area contributed by atoms with Crippen molar-refractivity contribution in [3.05, 3.63) is 66.9 Å². The van der Waals surface area contributed by atoms with E-state index < -0.39 is 0 Å². The van der Waals surface area contributed by atoms with Crippen LogP contribution in [0.4, 0.5) is 10.5 Å². The van der Waals surface area contributed by atoms with Gasteiger partial charge in [0.15, 0.2) is 0 Å². The van der Waals surface area contributed by atoms with Gasteiger partial charge in [-0.1, -0.05) is 36.4 Å². The van der Waals surface area contributed by atoms with E-state index in [0.29, 0.717) is 24.9 Å². The summed E-state index contributed by atoms with van der Waals surface area (Å²) in [5.41, 5.74) is 1.60. The molecule has 0 saturated carbocycles. The fraction of sp³-hybridized carbons (Fsp3) is 0.227. The third-order valence-electron chi connectivity index (χ3n) is 5.37. The maximum absolute atomic E-state index is 12.8. The number of hydrogen-bond donors (Lipinski definition) is 1. The topological polar surface area (TPSA) is 84.4 Å². The Morgan fingerprint density at radius 3 is 2.69 bits per heavy atom. The standard InChI is InChI=1S/C22H20N4O3/c27-22(23-19-7-3-5-15-4-1-2-6-18(15)19)26-11-8-16(9-12-26)20-24-25-21(29-20)17-10-13-28-14-17/h1-7,10,13-14,16H,8-9,11-12H2,(H,23,27). The molecule has 2 aromatic carbocycles. The average molecular weight is 388 g/mol. The summed E-state index contributed by atoms with van der Waals surface area (Å²) >= 11 is 0. The Morgan fingerprint density at radius 1 is 1.03 bits per heavy atom. The Balaban J connectivity index is 1.23. The summed E-state index contributed by atoms with van der Waals surface area (Å²) in [6.07, 6.45) is 4.73. The van der Waals surface area contributed by atoms with Gasteiger partial charge in [0.25, 0.3) is 5.89 Å². The zero-order valence-electron chi connectivity index (χ0n) is 15.7. The second-order valence-electron chi connectivity index (χ2n) is 7.18. The molecule has 1 N–H and O–H groups in total. The Kier molecular flexibility index (Phi) is 4.48. The van der Waals surface area contributed by atoms with Gasteiger partial charge in [-0.3, -0.25) is 0 Å². The average Bonchev–Trinajstić information content (AvgIpc) is 3.46. The molecule has 0 aliphatic carbocycles. The van der Waals surface area contributed by atoms with Gasteiger partial charge in [0.05, 0.1) is 17.5 Å². The van der Waals surface area contributed by atoms with E-state index in [4.69, 9.17) is 8.83 Å². The van der Waals surface area contributed by atoms with Crippen molar-refractivity contribution in [3.8, 4) is 11.5 Å². The lowest BCUT2D eigenvalue weighted by Crippen LogP contribution is -2.40. The highest BCUT2D eigenvalue weighted by molar-refractivity contribution is 6.01. The lowest BCUT2D eigenvalue weighted by atomic mass is 9.97. The molecule has 1 aliphatic rings. The molecule has 0 spiro atoms. The van der Waals surface area contributed by atoms with E-state index in [1.807, 2.05) is 47.4 Å². The van der Waals surface area contributed by atoms with Gasteiger partial charge in [-0.05, 0) is 30.4 Å². The van der Waals surface area contributed by atoms with Crippen molar-refractivity contribution in [1.29, 1.82) is 0 Å². The van der Waals surface area contributed by atoms with Crippen LogP contribution in [0.2, 0.25) is 0 Å². The minimum Gasteiger partial charge on any atom is -0.472 e. The normalized spacial score (nSPS) is 15.0. The summed E-state index contributed by atoms with van der Waals surface area (Å²) in [5.74, 6) is 1.24. The first-order valence-electron chi connectivity index (χ1n) is 9.67. The van der Waals surface area contributed by atoms with Gasteiger partial charge in [0.1, 0.15) is 6.26 Å². The molecule has 2 aromatic heterocycles. The number of likely N-dealkylation sites (tertiary alicyclic amines) is 1. The maximum Gasteiger partial charge on any atom is 0.321 e. The quantitative estimate of drug-likeness (QED) is 0.540. The molecular formula is C22H20N4O3. The lowest BCUT2D eigenvalue weighted by molar-refractivity contribution is 0.190. The number of benzene rings is 2. The molecule has 0 unspecified atom stereocenters. The molecule has 0 atom stereocenters. The number of hydrogen-bond acceptors (Lipinski definition) is 5. The van der Waals surface area contributed by atoms with E-state index in [1.165, 1.54) is 0 Å². The molecule has 5 rings (SSSR count). The molecule has 7 heteroatoms. The van der Waals surface area contributed by atoms with Gasteiger partial charge in [-0.2, -0.15) is 0 Å². The van der Waals surface area contributed by atoms with Crippen molar-refractivity contribution in [2.75, 3.05) is 18.4 Å². The van der Waals surface area contributed by atoms with Gasteiger partial charge >= 0.3 is 6.03 Å². The highest BCUT2D eigenvalue weighted by Gasteiger charge is 2.27. The summed E-state index contributed by atoms with van der Waals surface area (Å²) in [5, 5.41) is 13.5. The highest BCUT2D eigenvalue weighted by Crippen LogP contribution is 2.30. The minimum absolute atomic E-state index is 0.0792. The number of aromatic nitrogens is 2. The van der Waals surface area contributed by atoms with E-state index in [2.05, 4.69) is 15.5 Å². The van der Waals surface area contributed by atoms with Crippen molar-refractivity contribution in [2.45, 2.75) is 18.8 Å². The molecule has 1 aliphatic heterocycles. The first-order chi connectivity index (χ1) is 14.3. The van der Waals surface area contributed by atoms with Crippen LogP contribution in [0.1, 0.15) is 24.7 Å². The number of piperidine rings is 1. The van der Waals surface area contributed by atoms with Crippen molar-refractivity contribution in [3.63, 3.8) is 0 Å². The number of urea groups is 1. The Hall–Kier alpha value is -3.61. The molecule has 29 heavy (non-hydrogen) atoms. The minimum atomic E-state index is -0.0792. The molecule has 4 aromatic rings. The van der Waals surface area contributed by atoms with E-state index in [-0.39, 0.29) is 11.9 Å². The molecule has 3 heterocycles. The molecular weight excluding hydrogens is 368 g/mol. The van der Waals surface area contributed by atoms with E-state index >= 15 is 0 Å². The SMILES string of the molecule is O=C(Nc1cccc2ccccc12)N1CCC(c2nnc(-c3ccoc3)o2)CC1. The van der Waals surface area contributed by atoms with Crippen LogP contribution in [0, 0.1) is 0 Å². The van der Waals surface area contributed by atoms with Crippen LogP contribution >= 0.6 is 0 Å². The molecule has 1 saturated heterocycles. The summed E-state index contributed by atoms with van der Waals surface area (Å²) in [7, 11) is 0. The predicted molar refractivity (Wildman–Crippen MR) is 109 cm³/mol. The number of anilines is 1. The van der Waals surface area contributed by atoms with Crippen molar-refractivity contribution in [2.24, 2.45) is 0 Å².